The number of carbonyl (C=O) groups excluding carboxylic acids is 2. The number of thiophene rings is 1. The number of cyclic esters (lactones) is 1. The molecule has 0 unspecified atom stereocenters. The van der Waals surface area contributed by atoms with Gasteiger partial charge < -0.3 is 38.6 Å². The van der Waals surface area contributed by atoms with Crippen molar-refractivity contribution < 1.29 is 48.2 Å². The van der Waals surface area contributed by atoms with Crippen LogP contribution < -0.4 is 0 Å². The summed E-state index contributed by atoms with van der Waals surface area (Å²) >= 11 is 1.40. The molecule has 3 heterocycles. The lowest BCUT2D eigenvalue weighted by molar-refractivity contribution is -0.173. The molecular weight excluding hydrogens is 552 g/mol. The van der Waals surface area contributed by atoms with Gasteiger partial charge in [-0.25, -0.2) is 4.79 Å². The van der Waals surface area contributed by atoms with E-state index in [4.69, 9.17) is 28.4 Å². The summed E-state index contributed by atoms with van der Waals surface area (Å²) in [6, 6.07) is 1.70. The Morgan fingerprint density at radius 1 is 1.17 bits per heavy atom. The fourth-order valence-electron chi connectivity index (χ4n) is 7.57. The number of methoxy groups -OCH3 is 3. The molecule has 41 heavy (non-hydrogen) atoms. The van der Waals surface area contributed by atoms with Gasteiger partial charge >= 0.3 is 11.9 Å². The van der Waals surface area contributed by atoms with Crippen molar-refractivity contribution in [2.45, 2.75) is 50.0 Å². The SMILES string of the molecule is COC[C@@H]1[C@@H](O)[C@@H]2[C@H]3C=C[C@@H]4[C@@H](COC)C(=O)O[C@H]([C@H](O)COC)[C@H](C)/C=C(\C)[C@@]24O[C@H]3[C@@H]1OC(=O)c1ccsc1. The van der Waals surface area contributed by atoms with Gasteiger partial charge in [-0.1, -0.05) is 25.2 Å². The minimum absolute atomic E-state index is 0.00352. The van der Waals surface area contributed by atoms with E-state index in [9.17, 15) is 19.8 Å². The van der Waals surface area contributed by atoms with Crippen molar-refractivity contribution in [3.63, 3.8) is 0 Å². The lowest BCUT2D eigenvalue weighted by atomic mass is 9.56. The van der Waals surface area contributed by atoms with Gasteiger partial charge in [0.2, 0.25) is 0 Å². The molecule has 0 amide bonds. The third kappa shape index (κ3) is 5.09. The normalized spacial score (nSPS) is 41.7. The van der Waals surface area contributed by atoms with Crippen LogP contribution in [0.1, 0.15) is 24.2 Å². The first-order valence-corrected chi connectivity index (χ1v) is 14.9. The van der Waals surface area contributed by atoms with Crippen LogP contribution in [-0.4, -0.2) is 99.4 Å². The third-order valence-electron chi connectivity index (χ3n) is 9.27. The summed E-state index contributed by atoms with van der Waals surface area (Å²) in [5.74, 6) is -4.03. The summed E-state index contributed by atoms with van der Waals surface area (Å²) in [5, 5.41) is 26.4. The molecule has 2 N–H and O–H groups in total. The molecule has 2 aliphatic carbocycles. The van der Waals surface area contributed by atoms with Crippen LogP contribution in [0.25, 0.3) is 0 Å². The molecular formula is C30H40O10S. The van der Waals surface area contributed by atoms with Crippen molar-refractivity contribution in [1.82, 2.24) is 0 Å². The van der Waals surface area contributed by atoms with Crippen molar-refractivity contribution in [1.29, 1.82) is 0 Å². The first kappa shape index (κ1) is 30.3. The summed E-state index contributed by atoms with van der Waals surface area (Å²) in [5.41, 5.74) is 0.133. The Bertz CT molecular complexity index is 1150. The summed E-state index contributed by atoms with van der Waals surface area (Å²) in [4.78, 5) is 26.9. The topological polar surface area (TPSA) is 130 Å². The summed E-state index contributed by atoms with van der Waals surface area (Å²) < 4.78 is 35.2. The second-order valence-corrected chi connectivity index (χ2v) is 12.4. The van der Waals surface area contributed by atoms with Crippen LogP contribution in [0.15, 0.2) is 40.6 Å². The summed E-state index contributed by atoms with van der Waals surface area (Å²) in [7, 11) is 4.54. The Kier molecular flexibility index (Phi) is 9.06. The van der Waals surface area contributed by atoms with Crippen LogP contribution in [0.5, 0.6) is 0 Å². The highest BCUT2D eigenvalue weighted by Gasteiger charge is 2.71. The van der Waals surface area contributed by atoms with E-state index in [0.717, 1.165) is 5.57 Å². The smallest absolute Gasteiger partial charge is 0.339 e. The number of aliphatic hydroxyl groups is 2. The van der Waals surface area contributed by atoms with Gasteiger partial charge in [-0.15, -0.1) is 0 Å². The van der Waals surface area contributed by atoms with E-state index >= 15 is 0 Å². The molecule has 0 aromatic carbocycles. The fourth-order valence-corrected chi connectivity index (χ4v) is 8.20. The maximum absolute atomic E-state index is 13.8. The fraction of sp³-hybridized carbons (Fsp3) is 0.667. The lowest BCUT2D eigenvalue weighted by Crippen LogP contribution is -2.59. The Balaban J connectivity index is 1.61. The van der Waals surface area contributed by atoms with E-state index in [0.29, 0.717) is 5.56 Å². The highest BCUT2D eigenvalue weighted by molar-refractivity contribution is 7.08. The van der Waals surface area contributed by atoms with Crippen LogP contribution in [-0.2, 0) is 33.2 Å². The van der Waals surface area contributed by atoms with Crippen molar-refractivity contribution in [2.24, 2.45) is 35.5 Å². The summed E-state index contributed by atoms with van der Waals surface area (Å²) in [6.07, 6.45) is 1.64. The molecule has 2 fully saturated rings. The number of aliphatic hydroxyl groups excluding tert-OH is 2. The minimum Gasteiger partial charge on any atom is -0.459 e. The number of esters is 2. The Morgan fingerprint density at radius 3 is 2.59 bits per heavy atom. The number of carbonyl (C=O) groups is 2. The maximum atomic E-state index is 13.8. The molecule has 1 saturated heterocycles. The van der Waals surface area contributed by atoms with E-state index in [1.807, 2.05) is 32.1 Å². The van der Waals surface area contributed by atoms with Gasteiger partial charge in [0.25, 0.3) is 0 Å². The predicted molar refractivity (Wildman–Crippen MR) is 148 cm³/mol. The number of hydrogen-bond acceptors (Lipinski definition) is 11. The highest BCUT2D eigenvalue weighted by Crippen LogP contribution is 2.62. The molecule has 11 heteroatoms. The van der Waals surface area contributed by atoms with Gasteiger partial charge in [0.05, 0.1) is 37.4 Å². The first-order valence-electron chi connectivity index (χ1n) is 14.0. The number of ether oxygens (including phenoxy) is 6. The Morgan fingerprint density at radius 2 is 1.93 bits per heavy atom. The molecule has 4 aliphatic rings. The van der Waals surface area contributed by atoms with Crippen LogP contribution in [0, 0.1) is 35.5 Å². The number of rotatable bonds is 9. The van der Waals surface area contributed by atoms with Crippen molar-refractivity contribution >= 4 is 23.3 Å². The van der Waals surface area contributed by atoms with E-state index in [-0.39, 0.29) is 25.7 Å². The van der Waals surface area contributed by atoms with E-state index in [1.165, 1.54) is 25.6 Å². The first-order chi connectivity index (χ1) is 19.7. The average molecular weight is 593 g/mol. The van der Waals surface area contributed by atoms with Gasteiger partial charge in [-0.05, 0) is 23.9 Å². The van der Waals surface area contributed by atoms with Crippen molar-refractivity contribution in [3.05, 3.63) is 46.2 Å². The molecule has 1 aromatic rings. The van der Waals surface area contributed by atoms with Gasteiger partial charge in [0, 0.05) is 56.3 Å². The molecule has 2 aliphatic heterocycles. The zero-order chi connectivity index (χ0) is 29.5. The Labute approximate surface area is 244 Å². The van der Waals surface area contributed by atoms with Crippen LogP contribution >= 0.6 is 11.3 Å². The monoisotopic (exact) mass is 592 g/mol. The molecule has 10 nitrogen and oxygen atoms in total. The highest BCUT2D eigenvalue weighted by atomic mass is 32.1. The van der Waals surface area contributed by atoms with Gasteiger partial charge in [0.1, 0.15) is 30.0 Å². The molecule has 0 radical (unpaired) electrons. The maximum Gasteiger partial charge on any atom is 0.339 e. The van der Waals surface area contributed by atoms with Gasteiger partial charge in [0.15, 0.2) is 0 Å². The van der Waals surface area contributed by atoms with E-state index < -0.39 is 77.6 Å². The summed E-state index contributed by atoms with van der Waals surface area (Å²) in [6.45, 7) is 4.00. The van der Waals surface area contributed by atoms with Gasteiger partial charge in [-0.2, -0.15) is 11.3 Å². The standard InChI is InChI=1S/C30H40O10S/c1-15-10-16(2)30-21(19(11-35-3)29(34)38-25(15)22(31)13-37-5)7-6-18-23(30)24(32)20(12-36-4)26(27(18)40-30)39-28(33)17-8-9-41-14-17/h6-10,14-15,18-27,31-32H,11-13H2,1-5H3/b16-10+/t15-,18-,19-,20-,21-,22-,23+,24-,25+,26-,27-,30+/m1/s1. The van der Waals surface area contributed by atoms with Crippen LogP contribution in [0.3, 0.4) is 0 Å². The number of hydrogen-bond donors (Lipinski definition) is 2. The van der Waals surface area contributed by atoms with E-state index in [2.05, 4.69) is 0 Å². The largest absolute Gasteiger partial charge is 0.459 e. The van der Waals surface area contributed by atoms with E-state index in [1.54, 1.807) is 23.9 Å². The van der Waals surface area contributed by atoms with Crippen LogP contribution in [0.2, 0.25) is 0 Å². The molecule has 1 aromatic heterocycles. The van der Waals surface area contributed by atoms with Crippen LogP contribution in [0.4, 0.5) is 0 Å². The zero-order valence-corrected chi connectivity index (χ0v) is 24.8. The molecule has 226 valence electrons. The molecule has 4 bridgehead atoms. The molecule has 1 spiro atoms. The predicted octanol–water partition coefficient (Wildman–Crippen LogP) is 2.24. The van der Waals surface area contributed by atoms with Crippen molar-refractivity contribution in [2.75, 3.05) is 41.2 Å². The molecule has 1 saturated carbocycles. The average Bonchev–Trinajstić information content (AvgIpc) is 3.54. The second-order valence-electron chi connectivity index (χ2n) is 11.6. The molecule has 5 rings (SSSR count). The van der Waals surface area contributed by atoms with Gasteiger partial charge in [-0.3, -0.25) is 4.79 Å². The second kappa shape index (κ2) is 12.2. The minimum atomic E-state index is -1.11. The Hall–Kier alpha value is -2.12. The third-order valence-corrected chi connectivity index (χ3v) is 9.95. The lowest BCUT2D eigenvalue weighted by Gasteiger charge is -2.49. The quantitative estimate of drug-likeness (QED) is 0.325. The zero-order valence-electron chi connectivity index (χ0n) is 24.0. The molecule has 12 atom stereocenters. The van der Waals surface area contributed by atoms with Crippen molar-refractivity contribution in [3.8, 4) is 0 Å².